The van der Waals surface area contributed by atoms with Crippen LogP contribution < -0.4 is 5.32 Å². The van der Waals surface area contributed by atoms with E-state index < -0.39 is 12.2 Å². The Morgan fingerprint density at radius 1 is 1.27 bits per heavy atom. The number of rotatable bonds is 9. The van der Waals surface area contributed by atoms with Crippen LogP contribution in [0.25, 0.3) is 0 Å². The highest BCUT2D eigenvalue weighted by Crippen LogP contribution is 2.24. The third kappa shape index (κ3) is 5.45. The maximum Gasteiger partial charge on any atom is 0.246 e. The summed E-state index contributed by atoms with van der Waals surface area (Å²) in [6.45, 7) is 1.60. The van der Waals surface area contributed by atoms with Crippen molar-refractivity contribution in [1.29, 1.82) is 0 Å². The van der Waals surface area contributed by atoms with Gasteiger partial charge in [-0.05, 0) is 21.1 Å². The lowest BCUT2D eigenvalue weighted by molar-refractivity contribution is -0.125. The van der Waals surface area contributed by atoms with Gasteiger partial charge in [-0.3, -0.25) is 9.69 Å². The summed E-state index contributed by atoms with van der Waals surface area (Å²) in [6, 6.07) is -0.278. The van der Waals surface area contributed by atoms with Gasteiger partial charge in [0.2, 0.25) is 5.91 Å². The van der Waals surface area contributed by atoms with Crippen LogP contribution >= 0.6 is 0 Å². The van der Waals surface area contributed by atoms with Gasteiger partial charge in [-0.1, -0.05) is 0 Å². The zero-order valence-corrected chi connectivity index (χ0v) is 13.9. The largest absolute Gasteiger partial charge is 0.394 e. The van der Waals surface area contributed by atoms with Crippen molar-refractivity contribution < 1.29 is 24.5 Å². The molecule has 0 aliphatic carbocycles. The fourth-order valence-electron chi connectivity index (χ4n) is 2.59. The minimum atomic E-state index is -0.790. The quantitative estimate of drug-likeness (QED) is 0.441. The SMILES string of the molecule is COCC(=O)NC[C@H]1O[C@@H](CO)[C@@H](O)[C@H]1N(C)CCN(C)C. The molecule has 0 bridgehead atoms. The first-order valence-corrected chi connectivity index (χ1v) is 7.45. The fourth-order valence-corrected chi connectivity index (χ4v) is 2.59. The van der Waals surface area contributed by atoms with Crippen LogP contribution in [0.2, 0.25) is 0 Å². The summed E-state index contributed by atoms with van der Waals surface area (Å²) in [6.07, 6.45) is -1.79. The first-order valence-electron chi connectivity index (χ1n) is 7.45. The molecule has 1 heterocycles. The maximum absolute atomic E-state index is 11.5. The third-order valence-electron chi connectivity index (χ3n) is 3.83. The molecule has 130 valence electrons. The molecule has 1 aliphatic heterocycles. The predicted molar refractivity (Wildman–Crippen MR) is 81.6 cm³/mol. The van der Waals surface area contributed by atoms with Gasteiger partial charge in [0.25, 0.3) is 0 Å². The second-order valence-corrected chi connectivity index (χ2v) is 5.90. The van der Waals surface area contributed by atoms with Gasteiger partial charge in [-0.2, -0.15) is 0 Å². The van der Waals surface area contributed by atoms with Gasteiger partial charge in [0, 0.05) is 26.7 Å². The summed E-state index contributed by atoms with van der Waals surface area (Å²) < 4.78 is 10.4. The number of carbonyl (C=O) groups is 1. The average Bonchev–Trinajstić information content (AvgIpc) is 2.79. The molecule has 1 rings (SSSR count). The van der Waals surface area contributed by atoms with E-state index in [1.165, 1.54) is 7.11 Å². The molecule has 0 unspecified atom stereocenters. The molecule has 0 saturated carbocycles. The van der Waals surface area contributed by atoms with Crippen molar-refractivity contribution >= 4 is 5.91 Å². The Morgan fingerprint density at radius 2 is 1.95 bits per heavy atom. The molecule has 0 radical (unpaired) electrons. The topological polar surface area (TPSA) is 94.5 Å². The molecule has 1 fully saturated rings. The summed E-state index contributed by atoms with van der Waals surface area (Å²) in [4.78, 5) is 15.6. The van der Waals surface area contributed by atoms with Crippen molar-refractivity contribution in [3.8, 4) is 0 Å². The lowest BCUT2D eigenvalue weighted by Gasteiger charge is -2.31. The van der Waals surface area contributed by atoms with Crippen LogP contribution in [0.15, 0.2) is 0 Å². The number of ether oxygens (including phenoxy) is 2. The van der Waals surface area contributed by atoms with Crippen LogP contribution in [-0.2, 0) is 14.3 Å². The second kappa shape index (κ2) is 9.39. The average molecular weight is 319 g/mol. The monoisotopic (exact) mass is 319 g/mol. The molecule has 8 heteroatoms. The molecule has 0 aromatic carbocycles. The number of hydrogen-bond donors (Lipinski definition) is 3. The highest BCUT2D eigenvalue weighted by atomic mass is 16.5. The fraction of sp³-hybridized carbons (Fsp3) is 0.929. The van der Waals surface area contributed by atoms with Crippen molar-refractivity contribution in [2.45, 2.75) is 24.4 Å². The van der Waals surface area contributed by atoms with Crippen molar-refractivity contribution in [3.05, 3.63) is 0 Å². The lowest BCUT2D eigenvalue weighted by atomic mass is 10.0. The van der Waals surface area contributed by atoms with Crippen LogP contribution in [-0.4, -0.2) is 111 Å². The number of methoxy groups -OCH3 is 1. The predicted octanol–water partition coefficient (Wildman–Crippen LogP) is -2.27. The molecule has 22 heavy (non-hydrogen) atoms. The van der Waals surface area contributed by atoms with E-state index in [4.69, 9.17) is 9.47 Å². The van der Waals surface area contributed by atoms with Crippen molar-refractivity contribution in [3.63, 3.8) is 0 Å². The summed E-state index contributed by atoms with van der Waals surface area (Å²) >= 11 is 0. The Bertz CT molecular complexity index is 342. The highest BCUT2D eigenvalue weighted by Gasteiger charge is 2.45. The van der Waals surface area contributed by atoms with Gasteiger partial charge in [-0.15, -0.1) is 0 Å². The summed E-state index contributed by atoms with van der Waals surface area (Å²) in [5.74, 6) is -0.234. The molecular formula is C14H29N3O5. The summed E-state index contributed by atoms with van der Waals surface area (Å²) in [7, 11) is 7.32. The summed E-state index contributed by atoms with van der Waals surface area (Å²) in [5, 5.41) is 22.4. The van der Waals surface area contributed by atoms with E-state index in [-0.39, 0.29) is 37.8 Å². The molecule has 8 nitrogen and oxygen atoms in total. The molecule has 0 aromatic heterocycles. The van der Waals surface area contributed by atoms with Crippen molar-refractivity contribution in [2.75, 3.05) is 61.1 Å². The van der Waals surface area contributed by atoms with Crippen LogP contribution in [0.3, 0.4) is 0 Å². The van der Waals surface area contributed by atoms with E-state index in [0.29, 0.717) is 0 Å². The molecule has 1 saturated heterocycles. The Labute approximate surface area is 132 Å². The van der Waals surface area contributed by atoms with Gasteiger partial charge in [0.1, 0.15) is 18.8 Å². The first-order chi connectivity index (χ1) is 10.4. The van der Waals surface area contributed by atoms with Gasteiger partial charge in [-0.25, -0.2) is 0 Å². The number of nitrogens with one attached hydrogen (secondary N) is 1. The van der Waals surface area contributed by atoms with E-state index in [0.717, 1.165) is 13.1 Å². The third-order valence-corrected chi connectivity index (χ3v) is 3.83. The smallest absolute Gasteiger partial charge is 0.246 e. The minimum Gasteiger partial charge on any atom is -0.394 e. The molecular weight excluding hydrogens is 290 g/mol. The second-order valence-electron chi connectivity index (χ2n) is 5.90. The normalized spacial score (nSPS) is 28.5. The minimum absolute atomic E-state index is 0.0141. The molecule has 3 N–H and O–H groups in total. The number of likely N-dealkylation sites (N-methyl/N-ethyl adjacent to an activating group) is 2. The Balaban J connectivity index is 2.63. The Hall–Kier alpha value is -0.770. The van der Waals surface area contributed by atoms with E-state index >= 15 is 0 Å². The van der Waals surface area contributed by atoms with Crippen LogP contribution in [0.5, 0.6) is 0 Å². The molecule has 0 aromatic rings. The zero-order chi connectivity index (χ0) is 16.7. The van der Waals surface area contributed by atoms with E-state index in [1.807, 2.05) is 26.0 Å². The summed E-state index contributed by atoms with van der Waals surface area (Å²) in [5.41, 5.74) is 0. The number of nitrogens with zero attached hydrogens (tertiary/aromatic N) is 2. The van der Waals surface area contributed by atoms with Crippen LogP contribution in [0.1, 0.15) is 0 Å². The van der Waals surface area contributed by atoms with E-state index in [1.54, 1.807) is 0 Å². The van der Waals surface area contributed by atoms with Crippen molar-refractivity contribution in [1.82, 2.24) is 15.1 Å². The molecule has 4 atom stereocenters. The maximum atomic E-state index is 11.5. The van der Waals surface area contributed by atoms with E-state index in [9.17, 15) is 15.0 Å². The Morgan fingerprint density at radius 3 is 2.50 bits per heavy atom. The molecule has 1 aliphatic rings. The highest BCUT2D eigenvalue weighted by molar-refractivity contribution is 5.77. The molecule has 1 amide bonds. The van der Waals surface area contributed by atoms with E-state index in [2.05, 4.69) is 10.2 Å². The van der Waals surface area contributed by atoms with Gasteiger partial charge in [0.15, 0.2) is 0 Å². The standard InChI is InChI=1S/C14H29N3O5/c1-16(2)5-6-17(3)13-10(7-15-12(19)9-21-4)22-11(8-18)14(13)20/h10-11,13-14,18,20H,5-9H2,1-4H3,(H,15,19)/t10-,11+,13+,14-/m1/s1. The number of aliphatic hydroxyl groups is 2. The number of hydrogen-bond acceptors (Lipinski definition) is 7. The molecule has 0 spiro atoms. The lowest BCUT2D eigenvalue weighted by Crippen LogP contribution is -2.51. The van der Waals surface area contributed by atoms with Gasteiger partial charge in [0.05, 0.1) is 18.8 Å². The number of amides is 1. The Kier molecular flexibility index (Phi) is 8.23. The van der Waals surface area contributed by atoms with Gasteiger partial charge >= 0.3 is 0 Å². The zero-order valence-electron chi connectivity index (χ0n) is 13.9. The number of aliphatic hydroxyl groups excluding tert-OH is 2. The van der Waals surface area contributed by atoms with Gasteiger partial charge < -0.3 is 29.9 Å². The van der Waals surface area contributed by atoms with Crippen molar-refractivity contribution in [2.24, 2.45) is 0 Å². The van der Waals surface area contributed by atoms with Crippen LogP contribution in [0, 0.1) is 0 Å². The first kappa shape index (κ1) is 19.3. The number of carbonyl (C=O) groups excluding carboxylic acids is 1. The van der Waals surface area contributed by atoms with Crippen LogP contribution in [0.4, 0.5) is 0 Å².